The summed E-state index contributed by atoms with van der Waals surface area (Å²) in [6, 6.07) is 4.29. The van der Waals surface area contributed by atoms with Crippen molar-refractivity contribution in [3.8, 4) is 0 Å². The number of hydrogen-bond acceptors (Lipinski definition) is 4. The van der Waals surface area contributed by atoms with Gasteiger partial charge in [-0.05, 0) is 19.1 Å². The Morgan fingerprint density at radius 3 is 2.64 bits per heavy atom. The molecule has 1 aromatic carbocycles. The molecule has 1 saturated heterocycles. The minimum absolute atomic E-state index is 0.0392. The maximum atomic E-state index is 13.8. The standard InChI is InChI=1S/C15H15ClFN3OS/c1-10-9-18-15(22-10)20-7-5-19(6-8-20)14(21)13-11(16)3-2-4-12(13)17/h2-4,9H,5-8H2,1H3. The van der Waals surface area contributed by atoms with Crippen molar-refractivity contribution in [3.05, 3.63) is 45.7 Å². The normalized spacial score (nSPS) is 15.2. The second-order valence-corrected chi connectivity index (χ2v) is 6.75. The van der Waals surface area contributed by atoms with Crippen LogP contribution in [0.3, 0.4) is 0 Å². The van der Waals surface area contributed by atoms with Gasteiger partial charge in [0.25, 0.3) is 5.91 Å². The number of aromatic nitrogens is 1. The van der Waals surface area contributed by atoms with Crippen LogP contribution in [0.1, 0.15) is 15.2 Å². The van der Waals surface area contributed by atoms with E-state index >= 15 is 0 Å². The first-order valence-electron chi connectivity index (χ1n) is 6.97. The quantitative estimate of drug-likeness (QED) is 0.843. The Balaban J connectivity index is 1.70. The molecule has 0 aliphatic carbocycles. The first-order chi connectivity index (χ1) is 10.6. The molecule has 1 amide bonds. The van der Waals surface area contributed by atoms with Gasteiger partial charge in [0.1, 0.15) is 5.82 Å². The molecule has 1 fully saturated rings. The Labute approximate surface area is 137 Å². The molecule has 0 bridgehead atoms. The van der Waals surface area contributed by atoms with E-state index in [0.717, 1.165) is 10.0 Å². The minimum Gasteiger partial charge on any atom is -0.345 e. The molecule has 1 aliphatic heterocycles. The van der Waals surface area contributed by atoms with Gasteiger partial charge in [-0.15, -0.1) is 11.3 Å². The number of halogens is 2. The van der Waals surface area contributed by atoms with Crippen LogP contribution in [0.4, 0.5) is 9.52 Å². The van der Waals surface area contributed by atoms with Gasteiger partial charge in [0.15, 0.2) is 5.13 Å². The van der Waals surface area contributed by atoms with Crippen LogP contribution in [0.2, 0.25) is 5.02 Å². The van der Waals surface area contributed by atoms with Crippen LogP contribution in [-0.4, -0.2) is 42.0 Å². The van der Waals surface area contributed by atoms with E-state index in [4.69, 9.17) is 11.6 Å². The van der Waals surface area contributed by atoms with Gasteiger partial charge < -0.3 is 9.80 Å². The molecule has 0 atom stereocenters. The summed E-state index contributed by atoms with van der Waals surface area (Å²) < 4.78 is 13.8. The molecule has 0 N–H and O–H groups in total. The zero-order chi connectivity index (χ0) is 15.7. The van der Waals surface area contributed by atoms with Crippen LogP contribution in [0.15, 0.2) is 24.4 Å². The van der Waals surface area contributed by atoms with Crippen molar-refractivity contribution in [1.29, 1.82) is 0 Å². The predicted octanol–water partition coefficient (Wildman–Crippen LogP) is 3.21. The topological polar surface area (TPSA) is 36.4 Å². The van der Waals surface area contributed by atoms with Gasteiger partial charge in [-0.3, -0.25) is 4.79 Å². The van der Waals surface area contributed by atoms with Gasteiger partial charge in [-0.25, -0.2) is 9.37 Å². The third-order valence-electron chi connectivity index (χ3n) is 3.62. The lowest BCUT2D eigenvalue weighted by Crippen LogP contribution is -2.49. The number of aryl methyl sites for hydroxylation is 1. The number of carbonyl (C=O) groups is 1. The number of anilines is 1. The average molecular weight is 340 g/mol. The van der Waals surface area contributed by atoms with Crippen molar-refractivity contribution in [1.82, 2.24) is 9.88 Å². The number of piperazine rings is 1. The SMILES string of the molecule is Cc1cnc(N2CCN(C(=O)c3c(F)cccc3Cl)CC2)s1. The minimum atomic E-state index is -0.574. The van der Waals surface area contributed by atoms with Crippen LogP contribution < -0.4 is 4.90 Å². The van der Waals surface area contributed by atoms with E-state index in [-0.39, 0.29) is 16.5 Å². The molecule has 1 aromatic heterocycles. The molecular weight excluding hydrogens is 325 g/mol. The smallest absolute Gasteiger partial charge is 0.258 e. The van der Waals surface area contributed by atoms with E-state index in [1.165, 1.54) is 18.2 Å². The van der Waals surface area contributed by atoms with Crippen molar-refractivity contribution in [2.45, 2.75) is 6.92 Å². The van der Waals surface area contributed by atoms with Crippen molar-refractivity contribution in [2.24, 2.45) is 0 Å². The van der Waals surface area contributed by atoms with Crippen LogP contribution in [0.5, 0.6) is 0 Å². The van der Waals surface area contributed by atoms with Gasteiger partial charge in [0.05, 0.1) is 10.6 Å². The fourth-order valence-electron chi connectivity index (χ4n) is 2.45. The lowest BCUT2D eigenvalue weighted by molar-refractivity contribution is 0.0742. The Hall–Kier alpha value is -1.66. The summed E-state index contributed by atoms with van der Waals surface area (Å²) >= 11 is 7.60. The van der Waals surface area contributed by atoms with E-state index in [2.05, 4.69) is 9.88 Å². The largest absolute Gasteiger partial charge is 0.345 e. The lowest BCUT2D eigenvalue weighted by Gasteiger charge is -2.34. The zero-order valence-electron chi connectivity index (χ0n) is 12.1. The highest BCUT2D eigenvalue weighted by molar-refractivity contribution is 7.15. The summed E-state index contributed by atoms with van der Waals surface area (Å²) in [5.74, 6) is -0.923. The average Bonchev–Trinajstić information content (AvgIpc) is 2.94. The second-order valence-electron chi connectivity index (χ2n) is 5.13. The van der Waals surface area contributed by atoms with E-state index < -0.39 is 5.82 Å². The molecule has 0 radical (unpaired) electrons. The molecule has 22 heavy (non-hydrogen) atoms. The molecule has 116 valence electrons. The predicted molar refractivity (Wildman–Crippen MR) is 86.4 cm³/mol. The van der Waals surface area contributed by atoms with Crippen LogP contribution in [-0.2, 0) is 0 Å². The maximum absolute atomic E-state index is 13.8. The number of carbonyl (C=O) groups excluding carboxylic acids is 1. The molecule has 1 aliphatic rings. The van der Waals surface area contributed by atoms with Crippen molar-refractivity contribution in [2.75, 3.05) is 31.1 Å². The highest BCUT2D eigenvalue weighted by Gasteiger charge is 2.26. The van der Waals surface area contributed by atoms with Gasteiger partial charge >= 0.3 is 0 Å². The third-order valence-corrected chi connectivity index (χ3v) is 4.91. The molecule has 3 rings (SSSR count). The van der Waals surface area contributed by atoms with Crippen LogP contribution in [0.25, 0.3) is 0 Å². The number of amides is 1. The molecule has 7 heteroatoms. The molecule has 0 spiro atoms. The number of hydrogen-bond donors (Lipinski definition) is 0. The summed E-state index contributed by atoms with van der Waals surface area (Å²) in [5.41, 5.74) is -0.0392. The monoisotopic (exact) mass is 339 g/mol. The van der Waals surface area contributed by atoms with Gasteiger partial charge in [-0.2, -0.15) is 0 Å². The summed E-state index contributed by atoms with van der Waals surface area (Å²) in [6.07, 6.45) is 1.84. The number of rotatable bonds is 2. The van der Waals surface area contributed by atoms with Gasteiger partial charge in [0, 0.05) is 37.3 Å². The maximum Gasteiger partial charge on any atom is 0.258 e. The van der Waals surface area contributed by atoms with E-state index in [1.54, 1.807) is 16.2 Å². The lowest BCUT2D eigenvalue weighted by atomic mass is 10.1. The third kappa shape index (κ3) is 2.94. The first-order valence-corrected chi connectivity index (χ1v) is 8.16. The van der Waals surface area contributed by atoms with Crippen molar-refractivity contribution >= 4 is 34.0 Å². The van der Waals surface area contributed by atoms with Gasteiger partial charge in [-0.1, -0.05) is 17.7 Å². The number of benzene rings is 1. The highest BCUT2D eigenvalue weighted by atomic mass is 35.5. The Bertz CT molecular complexity index is 678. The van der Waals surface area contributed by atoms with Crippen LogP contribution >= 0.6 is 22.9 Å². The Kier molecular flexibility index (Phi) is 4.31. The fourth-order valence-corrected chi connectivity index (χ4v) is 3.50. The molecule has 2 heterocycles. The Morgan fingerprint density at radius 2 is 2.05 bits per heavy atom. The summed E-state index contributed by atoms with van der Waals surface area (Å²) in [5, 5.41) is 1.12. The van der Waals surface area contributed by atoms with E-state index in [1.807, 2.05) is 13.1 Å². The van der Waals surface area contributed by atoms with E-state index in [0.29, 0.717) is 26.2 Å². The van der Waals surface area contributed by atoms with Crippen LogP contribution in [0, 0.1) is 12.7 Å². The second kappa shape index (κ2) is 6.22. The summed E-state index contributed by atoms with van der Waals surface area (Å²) in [7, 11) is 0. The molecular formula is C15H15ClFN3OS. The summed E-state index contributed by atoms with van der Waals surface area (Å²) in [4.78, 5) is 21.8. The highest BCUT2D eigenvalue weighted by Crippen LogP contribution is 2.25. The van der Waals surface area contributed by atoms with Crippen molar-refractivity contribution in [3.63, 3.8) is 0 Å². The Morgan fingerprint density at radius 1 is 1.32 bits per heavy atom. The number of nitrogens with zero attached hydrogens (tertiary/aromatic N) is 3. The first kappa shape index (κ1) is 15.2. The summed E-state index contributed by atoms with van der Waals surface area (Å²) in [6.45, 7) is 4.45. The molecule has 0 saturated carbocycles. The fraction of sp³-hybridized carbons (Fsp3) is 0.333. The van der Waals surface area contributed by atoms with Crippen molar-refractivity contribution < 1.29 is 9.18 Å². The molecule has 0 unspecified atom stereocenters. The number of thiazole rings is 1. The zero-order valence-corrected chi connectivity index (χ0v) is 13.6. The van der Waals surface area contributed by atoms with E-state index in [9.17, 15) is 9.18 Å². The van der Waals surface area contributed by atoms with Gasteiger partial charge in [0.2, 0.25) is 0 Å². The molecule has 2 aromatic rings. The molecule has 4 nitrogen and oxygen atoms in total.